The standard InChI is InChI=1S/C10H9ClN4O2/c1-17-7(16)5-13-9-8-6(3-2-4-12-8)14-10(11)15-9/h2-4H,5H2,1H3,(H,13,14,15). The first-order valence-electron chi connectivity index (χ1n) is 4.79. The molecular formula is C10H9ClN4O2. The number of pyridine rings is 1. The van der Waals surface area contributed by atoms with Crippen molar-refractivity contribution in [3.63, 3.8) is 0 Å². The van der Waals surface area contributed by atoms with Crippen molar-refractivity contribution in [3.8, 4) is 0 Å². The molecule has 6 nitrogen and oxygen atoms in total. The fraction of sp³-hybridized carbons (Fsp3) is 0.200. The summed E-state index contributed by atoms with van der Waals surface area (Å²) in [5, 5.41) is 2.90. The summed E-state index contributed by atoms with van der Waals surface area (Å²) in [7, 11) is 1.31. The van der Waals surface area contributed by atoms with Crippen molar-refractivity contribution in [2.75, 3.05) is 19.0 Å². The average Bonchev–Trinajstić information content (AvgIpc) is 2.35. The lowest BCUT2D eigenvalue weighted by atomic mass is 10.3. The van der Waals surface area contributed by atoms with Gasteiger partial charge in [-0.05, 0) is 23.7 Å². The lowest BCUT2D eigenvalue weighted by molar-refractivity contribution is -0.138. The van der Waals surface area contributed by atoms with E-state index in [1.54, 1.807) is 18.3 Å². The normalized spacial score (nSPS) is 10.2. The summed E-state index contributed by atoms with van der Waals surface area (Å²) < 4.78 is 4.52. The molecule has 2 aromatic rings. The van der Waals surface area contributed by atoms with Gasteiger partial charge in [0.1, 0.15) is 12.1 Å². The minimum Gasteiger partial charge on any atom is -0.468 e. The quantitative estimate of drug-likeness (QED) is 0.655. The summed E-state index contributed by atoms with van der Waals surface area (Å²) in [4.78, 5) is 23.2. The second kappa shape index (κ2) is 4.92. The van der Waals surface area contributed by atoms with E-state index in [9.17, 15) is 4.79 Å². The van der Waals surface area contributed by atoms with Gasteiger partial charge in [0.15, 0.2) is 5.82 Å². The Morgan fingerprint density at radius 2 is 2.35 bits per heavy atom. The fourth-order valence-electron chi connectivity index (χ4n) is 1.29. The maximum atomic E-state index is 11.0. The molecule has 0 spiro atoms. The van der Waals surface area contributed by atoms with Gasteiger partial charge in [-0.3, -0.25) is 9.78 Å². The van der Waals surface area contributed by atoms with Crippen LogP contribution in [0.4, 0.5) is 5.82 Å². The predicted molar refractivity (Wildman–Crippen MR) is 62.8 cm³/mol. The predicted octanol–water partition coefficient (Wildman–Crippen LogP) is 1.26. The van der Waals surface area contributed by atoms with Crippen molar-refractivity contribution in [1.82, 2.24) is 15.0 Å². The van der Waals surface area contributed by atoms with E-state index in [0.29, 0.717) is 16.9 Å². The number of carbonyl (C=O) groups excluding carboxylic acids is 1. The van der Waals surface area contributed by atoms with Gasteiger partial charge in [0, 0.05) is 6.20 Å². The number of esters is 1. The lowest BCUT2D eigenvalue weighted by Gasteiger charge is -2.06. The lowest BCUT2D eigenvalue weighted by Crippen LogP contribution is -2.16. The van der Waals surface area contributed by atoms with Crippen LogP contribution in [0, 0.1) is 0 Å². The molecule has 7 heteroatoms. The molecule has 0 fully saturated rings. The average molecular weight is 253 g/mol. The van der Waals surface area contributed by atoms with Crippen LogP contribution in [0.25, 0.3) is 11.0 Å². The number of carbonyl (C=O) groups is 1. The zero-order valence-corrected chi connectivity index (χ0v) is 9.73. The maximum absolute atomic E-state index is 11.0. The van der Waals surface area contributed by atoms with Crippen molar-refractivity contribution < 1.29 is 9.53 Å². The fourth-order valence-corrected chi connectivity index (χ4v) is 1.47. The van der Waals surface area contributed by atoms with Gasteiger partial charge in [-0.25, -0.2) is 4.98 Å². The van der Waals surface area contributed by atoms with E-state index in [0.717, 1.165) is 0 Å². The molecule has 17 heavy (non-hydrogen) atoms. The number of nitrogens with zero attached hydrogens (tertiary/aromatic N) is 3. The molecule has 0 radical (unpaired) electrons. The van der Waals surface area contributed by atoms with Crippen molar-refractivity contribution in [3.05, 3.63) is 23.6 Å². The van der Waals surface area contributed by atoms with Crippen molar-refractivity contribution in [1.29, 1.82) is 0 Å². The topological polar surface area (TPSA) is 77.0 Å². The summed E-state index contributed by atoms with van der Waals surface area (Å²) >= 11 is 5.77. The Kier molecular flexibility index (Phi) is 3.34. The molecular weight excluding hydrogens is 244 g/mol. The van der Waals surface area contributed by atoms with E-state index in [4.69, 9.17) is 11.6 Å². The van der Waals surface area contributed by atoms with E-state index in [1.165, 1.54) is 7.11 Å². The van der Waals surface area contributed by atoms with E-state index in [2.05, 4.69) is 25.0 Å². The van der Waals surface area contributed by atoms with Crippen LogP contribution in [0.3, 0.4) is 0 Å². The summed E-state index contributed by atoms with van der Waals surface area (Å²) in [6, 6.07) is 3.51. The zero-order valence-electron chi connectivity index (χ0n) is 8.98. The van der Waals surface area contributed by atoms with Crippen LogP contribution >= 0.6 is 11.6 Å². The van der Waals surface area contributed by atoms with Gasteiger partial charge in [-0.15, -0.1) is 0 Å². The number of anilines is 1. The number of aromatic nitrogens is 3. The molecule has 0 atom stereocenters. The number of methoxy groups -OCH3 is 1. The third-order valence-electron chi connectivity index (χ3n) is 2.06. The maximum Gasteiger partial charge on any atom is 0.325 e. The third kappa shape index (κ3) is 2.59. The molecule has 0 amide bonds. The molecule has 1 N–H and O–H groups in total. The van der Waals surface area contributed by atoms with Crippen LogP contribution in [-0.4, -0.2) is 34.6 Å². The van der Waals surface area contributed by atoms with Crippen LogP contribution in [0.15, 0.2) is 18.3 Å². The smallest absolute Gasteiger partial charge is 0.325 e. The minimum absolute atomic E-state index is 0.00445. The summed E-state index contributed by atoms with van der Waals surface area (Å²) in [6.45, 7) is -0.00445. The molecule has 0 aromatic carbocycles. The van der Waals surface area contributed by atoms with Gasteiger partial charge in [-0.2, -0.15) is 4.98 Å². The molecule has 0 saturated heterocycles. The van der Waals surface area contributed by atoms with Crippen LogP contribution in [0.2, 0.25) is 5.28 Å². The second-order valence-electron chi connectivity index (χ2n) is 3.14. The highest BCUT2D eigenvalue weighted by Crippen LogP contribution is 2.19. The number of hydrogen-bond donors (Lipinski definition) is 1. The molecule has 88 valence electrons. The van der Waals surface area contributed by atoms with E-state index in [-0.39, 0.29) is 11.8 Å². The Bertz CT molecular complexity index is 561. The van der Waals surface area contributed by atoms with Crippen LogP contribution < -0.4 is 5.32 Å². The first kappa shape index (κ1) is 11.5. The molecule has 0 bridgehead atoms. The Balaban J connectivity index is 2.35. The summed E-state index contributed by atoms with van der Waals surface area (Å²) in [6.07, 6.45) is 1.61. The number of halogens is 1. The van der Waals surface area contributed by atoms with E-state index < -0.39 is 5.97 Å². The molecule has 0 saturated carbocycles. The molecule has 0 unspecified atom stereocenters. The van der Waals surface area contributed by atoms with Crippen molar-refractivity contribution in [2.24, 2.45) is 0 Å². The summed E-state index contributed by atoms with van der Waals surface area (Å²) in [5.41, 5.74) is 1.17. The van der Waals surface area contributed by atoms with Gasteiger partial charge in [0.05, 0.1) is 12.6 Å². The molecule has 2 aromatic heterocycles. The number of fused-ring (bicyclic) bond motifs is 1. The minimum atomic E-state index is -0.399. The Labute approximate surface area is 102 Å². The number of ether oxygens (including phenoxy) is 1. The van der Waals surface area contributed by atoms with Gasteiger partial charge in [0.25, 0.3) is 0 Å². The van der Waals surface area contributed by atoms with E-state index >= 15 is 0 Å². The Morgan fingerprint density at radius 1 is 1.53 bits per heavy atom. The highest BCUT2D eigenvalue weighted by atomic mass is 35.5. The van der Waals surface area contributed by atoms with Crippen LogP contribution in [0.5, 0.6) is 0 Å². The molecule has 2 rings (SSSR count). The monoisotopic (exact) mass is 252 g/mol. The summed E-state index contributed by atoms with van der Waals surface area (Å²) in [5.74, 6) is 0.00909. The Morgan fingerprint density at radius 3 is 3.12 bits per heavy atom. The number of nitrogens with one attached hydrogen (secondary N) is 1. The third-order valence-corrected chi connectivity index (χ3v) is 2.22. The van der Waals surface area contributed by atoms with Gasteiger partial charge >= 0.3 is 5.97 Å². The van der Waals surface area contributed by atoms with Gasteiger partial charge in [-0.1, -0.05) is 0 Å². The molecule has 0 aliphatic rings. The number of hydrogen-bond acceptors (Lipinski definition) is 6. The largest absolute Gasteiger partial charge is 0.468 e. The van der Waals surface area contributed by atoms with E-state index in [1.807, 2.05) is 0 Å². The SMILES string of the molecule is COC(=O)CNc1nc(Cl)nc2cccnc12. The number of rotatable bonds is 3. The first-order chi connectivity index (χ1) is 8.20. The first-order valence-corrected chi connectivity index (χ1v) is 5.17. The second-order valence-corrected chi connectivity index (χ2v) is 3.48. The molecule has 0 aliphatic heterocycles. The van der Waals surface area contributed by atoms with Crippen LogP contribution in [-0.2, 0) is 9.53 Å². The molecule has 2 heterocycles. The Hall–Kier alpha value is -1.95. The van der Waals surface area contributed by atoms with Crippen molar-refractivity contribution >= 4 is 34.4 Å². The van der Waals surface area contributed by atoms with Gasteiger partial charge < -0.3 is 10.1 Å². The highest BCUT2D eigenvalue weighted by molar-refractivity contribution is 6.28. The van der Waals surface area contributed by atoms with Crippen LogP contribution in [0.1, 0.15) is 0 Å². The van der Waals surface area contributed by atoms with Crippen molar-refractivity contribution in [2.45, 2.75) is 0 Å². The van der Waals surface area contributed by atoms with Gasteiger partial charge in [0.2, 0.25) is 5.28 Å². The molecule has 0 aliphatic carbocycles. The highest BCUT2D eigenvalue weighted by Gasteiger charge is 2.08. The zero-order chi connectivity index (χ0) is 12.3.